The molecule has 1 heterocycles. The van der Waals surface area contributed by atoms with E-state index in [9.17, 15) is 13.2 Å². The minimum absolute atomic E-state index is 0.326. The van der Waals surface area contributed by atoms with Crippen LogP contribution in [0, 0.1) is 0 Å². The Morgan fingerprint density at radius 1 is 0.920 bits per heavy atom. The van der Waals surface area contributed by atoms with Crippen LogP contribution in [0.4, 0.5) is 18.9 Å². The SMILES string of the molecule is COc1ccc(N2CCN(Cc3ccccc3C(F)(F)F)CC2)cc1. The molecular weight excluding hydrogens is 329 g/mol. The summed E-state index contributed by atoms with van der Waals surface area (Å²) in [5.41, 5.74) is 0.914. The van der Waals surface area contributed by atoms with Crippen LogP contribution in [0.5, 0.6) is 5.75 Å². The second-order valence-electron chi connectivity index (χ2n) is 6.12. The van der Waals surface area contributed by atoms with Gasteiger partial charge in [0, 0.05) is 38.4 Å². The molecule has 1 saturated heterocycles. The average molecular weight is 350 g/mol. The molecule has 3 rings (SSSR count). The summed E-state index contributed by atoms with van der Waals surface area (Å²) < 4.78 is 44.5. The van der Waals surface area contributed by atoms with Crippen molar-refractivity contribution in [2.75, 3.05) is 38.2 Å². The van der Waals surface area contributed by atoms with Crippen LogP contribution in [0.2, 0.25) is 0 Å². The normalized spacial score (nSPS) is 16.1. The first-order valence-corrected chi connectivity index (χ1v) is 8.24. The number of nitrogens with zero attached hydrogens (tertiary/aromatic N) is 2. The van der Waals surface area contributed by atoms with E-state index in [2.05, 4.69) is 9.80 Å². The van der Waals surface area contributed by atoms with Gasteiger partial charge in [-0.15, -0.1) is 0 Å². The van der Waals surface area contributed by atoms with Crippen molar-refractivity contribution in [3.05, 3.63) is 59.7 Å². The smallest absolute Gasteiger partial charge is 0.416 e. The van der Waals surface area contributed by atoms with Gasteiger partial charge in [-0.05, 0) is 35.9 Å². The lowest BCUT2D eigenvalue weighted by atomic mass is 10.1. The Kier molecular flexibility index (Phi) is 5.18. The van der Waals surface area contributed by atoms with E-state index in [4.69, 9.17) is 4.74 Å². The Labute approximate surface area is 145 Å². The summed E-state index contributed by atoms with van der Waals surface area (Å²) in [6.07, 6.45) is -4.30. The molecule has 134 valence electrons. The Balaban J connectivity index is 1.61. The Bertz CT molecular complexity index is 693. The Morgan fingerprint density at radius 3 is 2.16 bits per heavy atom. The Morgan fingerprint density at radius 2 is 1.56 bits per heavy atom. The maximum Gasteiger partial charge on any atom is 0.416 e. The van der Waals surface area contributed by atoms with Gasteiger partial charge in [-0.2, -0.15) is 13.2 Å². The molecule has 2 aromatic rings. The van der Waals surface area contributed by atoms with Crippen molar-refractivity contribution < 1.29 is 17.9 Å². The average Bonchev–Trinajstić information content (AvgIpc) is 2.62. The summed E-state index contributed by atoms with van der Waals surface area (Å²) in [6.45, 7) is 3.38. The van der Waals surface area contributed by atoms with Crippen molar-refractivity contribution in [1.29, 1.82) is 0 Å². The van der Waals surface area contributed by atoms with Gasteiger partial charge in [0.2, 0.25) is 0 Å². The van der Waals surface area contributed by atoms with Gasteiger partial charge in [0.15, 0.2) is 0 Å². The van der Waals surface area contributed by atoms with E-state index in [1.54, 1.807) is 19.2 Å². The number of benzene rings is 2. The van der Waals surface area contributed by atoms with Crippen LogP contribution < -0.4 is 9.64 Å². The highest BCUT2D eigenvalue weighted by Gasteiger charge is 2.33. The summed E-state index contributed by atoms with van der Waals surface area (Å²) >= 11 is 0. The first kappa shape index (κ1) is 17.6. The summed E-state index contributed by atoms with van der Waals surface area (Å²) in [5.74, 6) is 0.811. The molecule has 0 spiro atoms. The van der Waals surface area contributed by atoms with Crippen LogP contribution >= 0.6 is 0 Å². The third-order valence-corrected chi connectivity index (χ3v) is 4.53. The zero-order valence-corrected chi connectivity index (χ0v) is 14.1. The molecule has 2 aromatic carbocycles. The highest BCUT2D eigenvalue weighted by Crippen LogP contribution is 2.32. The minimum Gasteiger partial charge on any atom is -0.497 e. The molecule has 25 heavy (non-hydrogen) atoms. The maximum atomic E-state index is 13.1. The fourth-order valence-electron chi connectivity index (χ4n) is 3.13. The van der Waals surface area contributed by atoms with Crippen LogP contribution in [0.15, 0.2) is 48.5 Å². The summed E-state index contributed by atoms with van der Waals surface area (Å²) in [4.78, 5) is 4.32. The van der Waals surface area contributed by atoms with E-state index in [-0.39, 0.29) is 0 Å². The molecule has 1 fully saturated rings. The second kappa shape index (κ2) is 7.35. The standard InChI is InChI=1S/C19H21F3N2O/c1-25-17-8-6-16(7-9-17)24-12-10-23(11-13-24)14-15-4-2-3-5-18(15)19(20,21)22/h2-9H,10-14H2,1H3. The number of alkyl halides is 3. The van der Waals surface area contributed by atoms with E-state index < -0.39 is 11.7 Å². The molecule has 3 nitrogen and oxygen atoms in total. The number of anilines is 1. The number of methoxy groups -OCH3 is 1. The topological polar surface area (TPSA) is 15.7 Å². The van der Waals surface area contributed by atoms with Crippen molar-refractivity contribution >= 4 is 5.69 Å². The van der Waals surface area contributed by atoms with E-state index in [0.29, 0.717) is 12.1 Å². The first-order valence-electron chi connectivity index (χ1n) is 8.24. The molecule has 0 aliphatic carbocycles. The van der Waals surface area contributed by atoms with Crippen molar-refractivity contribution in [2.24, 2.45) is 0 Å². The highest BCUT2D eigenvalue weighted by molar-refractivity contribution is 5.49. The molecule has 1 aliphatic rings. The molecule has 0 saturated carbocycles. The lowest BCUT2D eigenvalue weighted by molar-refractivity contribution is -0.138. The van der Waals surface area contributed by atoms with Gasteiger partial charge < -0.3 is 9.64 Å². The quantitative estimate of drug-likeness (QED) is 0.828. The van der Waals surface area contributed by atoms with Crippen LogP contribution in [-0.2, 0) is 12.7 Å². The zero-order valence-electron chi connectivity index (χ0n) is 14.1. The van der Waals surface area contributed by atoms with Crippen LogP contribution in [0.25, 0.3) is 0 Å². The van der Waals surface area contributed by atoms with Crippen LogP contribution in [0.1, 0.15) is 11.1 Å². The summed E-state index contributed by atoms with van der Waals surface area (Å²) in [7, 11) is 1.63. The van der Waals surface area contributed by atoms with Crippen LogP contribution in [-0.4, -0.2) is 38.2 Å². The van der Waals surface area contributed by atoms with Gasteiger partial charge >= 0.3 is 6.18 Å². The molecule has 0 unspecified atom stereocenters. The lowest BCUT2D eigenvalue weighted by Gasteiger charge is -2.36. The monoisotopic (exact) mass is 350 g/mol. The van der Waals surface area contributed by atoms with Crippen LogP contribution in [0.3, 0.4) is 0 Å². The number of hydrogen-bond donors (Lipinski definition) is 0. The minimum atomic E-state index is -4.30. The molecule has 0 atom stereocenters. The molecule has 0 amide bonds. The van der Waals surface area contributed by atoms with Crippen molar-refractivity contribution in [3.8, 4) is 5.75 Å². The van der Waals surface area contributed by atoms with Crippen molar-refractivity contribution in [3.63, 3.8) is 0 Å². The molecule has 1 aliphatic heterocycles. The predicted molar refractivity (Wildman–Crippen MR) is 91.9 cm³/mol. The van der Waals surface area contributed by atoms with E-state index in [1.807, 2.05) is 24.3 Å². The number of hydrogen-bond acceptors (Lipinski definition) is 3. The van der Waals surface area contributed by atoms with Crippen molar-refractivity contribution in [2.45, 2.75) is 12.7 Å². The third-order valence-electron chi connectivity index (χ3n) is 4.53. The van der Waals surface area contributed by atoms with Crippen molar-refractivity contribution in [1.82, 2.24) is 4.90 Å². The molecule has 0 aromatic heterocycles. The largest absolute Gasteiger partial charge is 0.497 e. The van der Waals surface area contributed by atoms with E-state index in [1.165, 1.54) is 6.07 Å². The van der Waals surface area contributed by atoms with E-state index in [0.717, 1.165) is 43.7 Å². The second-order valence-corrected chi connectivity index (χ2v) is 6.12. The van der Waals surface area contributed by atoms with Gasteiger partial charge in [0.25, 0.3) is 0 Å². The Hall–Kier alpha value is -2.21. The number of ether oxygens (including phenoxy) is 1. The fourth-order valence-corrected chi connectivity index (χ4v) is 3.13. The van der Waals surface area contributed by atoms with Gasteiger partial charge in [0.1, 0.15) is 5.75 Å². The highest BCUT2D eigenvalue weighted by atomic mass is 19.4. The molecule has 6 heteroatoms. The summed E-state index contributed by atoms with van der Waals surface area (Å²) in [5, 5.41) is 0. The first-order chi connectivity index (χ1) is 12.0. The van der Waals surface area contributed by atoms with Gasteiger partial charge in [-0.1, -0.05) is 18.2 Å². The van der Waals surface area contributed by atoms with Gasteiger partial charge in [0.05, 0.1) is 12.7 Å². The number of halogens is 3. The lowest BCUT2D eigenvalue weighted by Crippen LogP contribution is -2.46. The van der Waals surface area contributed by atoms with Gasteiger partial charge in [-0.3, -0.25) is 4.90 Å². The number of piperazine rings is 1. The van der Waals surface area contributed by atoms with E-state index >= 15 is 0 Å². The molecule has 0 radical (unpaired) electrons. The maximum absolute atomic E-state index is 13.1. The molecule has 0 N–H and O–H groups in total. The number of rotatable bonds is 4. The molecular formula is C19H21F3N2O. The molecule has 0 bridgehead atoms. The fraction of sp³-hybridized carbons (Fsp3) is 0.368. The van der Waals surface area contributed by atoms with Gasteiger partial charge in [-0.25, -0.2) is 0 Å². The third kappa shape index (κ3) is 4.25. The predicted octanol–water partition coefficient (Wildman–Crippen LogP) is 4.04. The zero-order chi connectivity index (χ0) is 17.9. The summed E-state index contributed by atoms with van der Waals surface area (Å²) in [6, 6.07) is 13.7.